The molecule has 144 valence electrons. The number of rotatable bonds is 5. The summed E-state index contributed by atoms with van der Waals surface area (Å²) in [7, 11) is 5.91. The fourth-order valence-electron chi connectivity index (χ4n) is 2.33. The van der Waals surface area contributed by atoms with Gasteiger partial charge in [0.25, 0.3) is 0 Å². The van der Waals surface area contributed by atoms with Crippen LogP contribution in [0.5, 0.6) is 5.75 Å². The predicted octanol–water partition coefficient (Wildman–Crippen LogP) is 5.67. The van der Waals surface area contributed by atoms with Crippen LogP contribution in [0.3, 0.4) is 0 Å². The van der Waals surface area contributed by atoms with Crippen molar-refractivity contribution in [3.05, 3.63) is 66.2 Å². The van der Waals surface area contributed by atoms with E-state index in [1.54, 1.807) is 7.11 Å². The van der Waals surface area contributed by atoms with Crippen molar-refractivity contribution in [2.75, 3.05) is 27.0 Å². The standard InChI is InChI=1S/C16H22N2S.C7H8O/c1-12-10-15(19-11-16(2,3)18(4)5)17-14-9-7-6-8-13(12)14;1-8-7-5-3-2-4-6-7/h6-10H,11H2,1-5H3;2-6H,1H3. The Morgan fingerprint density at radius 3 is 2.22 bits per heavy atom. The summed E-state index contributed by atoms with van der Waals surface area (Å²) >= 11 is 1.83. The summed E-state index contributed by atoms with van der Waals surface area (Å²) in [6.07, 6.45) is 0. The van der Waals surface area contributed by atoms with E-state index >= 15 is 0 Å². The van der Waals surface area contributed by atoms with E-state index in [1.807, 2.05) is 48.2 Å². The highest BCUT2D eigenvalue weighted by molar-refractivity contribution is 7.99. The van der Waals surface area contributed by atoms with Crippen molar-refractivity contribution >= 4 is 22.7 Å². The Morgan fingerprint density at radius 2 is 1.63 bits per heavy atom. The monoisotopic (exact) mass is 382 g/mol. The van der Waals surface area contributed by atoms with Crippen molar-refractivity contribution in [2.45, 2.75) is 31.3 Å². The van der Waals surface area contributed by atoms with Gasteiger partial charge >= 0.3 is 0 Å². The molecule has 27 heavy (non-hydrogen) atoms. The summed E-state index contributed by atoms with van der Waals surface area (Å²) in [4.78, 5) is 7.00. The molecular weight excluding hydrogens is 352 g/mol. The number of aromatic nitrogens is 1. The summed E-state index contributed by atoms with van der Waals surface area (Å²) in [6, 6.07) is 20.2. The molecule has 3 nitrogen and oxygen atoms in total. The van der Waals surface area contributed by atoms with Gasteiger partial charge in [0.1, 0.15) is 5.75 Å². The molecule has 1 aromatic heterocycles. The SMILES string of the molecule is COc1ccccc1.Cc1cc(SCC(C)(C)N(C)C)nc2ccccc12. The van der Waals surface area contributed by atoms with E-state index in [1.165, 1.54) is 10.9 Å². The molecule has 0 spiro atoms. The lowest BCUT2D eigenvalue weighted by atomic mass is 10.1. The first-order valence-electron chi connectivity index (χ1n) is 9.09. The number of benzene rings is 2. The third-order valence-electron chi connectivity index (χ3n) is 4.66. The van der Waals surface area contributed by atoms with Gasteiger partial charge in [0.05, 0.1) is 17.7 Å². The number of ether oxygens (including phenoxy) is 1. The number of hydrogen-bond donors (Lipinski definition) is 0. The maximum absolute atomic E-state index is 4.91. The minimum absolute atomic E-state index is 0.173. The topological polar surface area (TPSA) is 25.4 Å². The molecule has 0 atom stereocenters. The molecule has 0 bridgehead atoms. The lowest BCUT2D eigenvalue weighted by Crippen LogP contribution is -2.40. The second kappa shape index (κ2) is 9.77. The van der Waals surface area contributed by atoms with Crippen molar-refractivity contribution in [3.8, 4) is 5.75 Å². The molecule has 0 N–H and O–H groups in total. The van der Waals surface area contributed by atoms with Crippen molar-refractivity contribution in [1.29, 1.82) is 0 Å². The van der Waals surface area contributed by atoms with Crippen LogP contribution < -0.4 is 4.74 Å². The number of hydrogen-bond acceptors (Lipinski definition) is 4. The van der Waals surface area contributed by atoms with Gasteiger partial charge in [-0.3, -0.25) is 0 Å². The first-order chi connectivity index (χ1) is 12.8. The van der Waals surface area contributed by atoms with E-state index in [-0.39, 0.29) is 5.54 Å². The number of pyridine rings is 1. The van der Waals surface area contributed by atoms with Crippen LogP contribution in [0.1, 0.15) is 19.4 Å². The van der Waals surface area contributed by atoms with Crippen LogP contribution in [0.15, 0.2) is 65.7 Å². The van der Waals surface area contributed by atoms with Crippen molar-refractivity contribution in [2.24, 2.45) is 0 Å². The molecular formula is C23H30N2OS. The van der Waals surface area contributed by atoms with E-state index in [0.29, 0.717) is 0 Å². The minimum Gasteiger partial charge on any atom is -0.497 e. The first kappa shape index (κ1) is 21.3. The summed E-state index contributed by atoms with van der Waals surface area (Å²) in [5.41, 5.74) is 2.56. The van der Waals surface area contributed by atoms with Crippen LogP contribution in [-0.2, 0) is 0 Å². The van der Waals surface area contributed by atoms with Gasteiger partial charge in [-0.15, -0.1) is 11.8 Å². The lowest BCUT2D eigenvalue weighted by Gasteiger charge is -2.32. The molecule has 1 heterocycles. The van der Waals surface area contributed by atoms with Crippen molar-refractivity contribution in [3.63, 3.8) is 0 Å². The molecule has 0 saturated carbocycles. The Hall–Kier alpha value is -2.04. The zero-order valence-corrected chi connectivity index (χ0v) is 18.0. The highest BCUT2D eigenvalue weighted by Gasteiger charge is 2.20. The average Bonchev–Trinajstić information content (AvgIpc) is 2.67. The van der Waals surface area contributed by atoms with Gasteiger partial charge in [0.15, 0.2) is 0 Å². The molecule has 0 saturated heterocycles. The summed E-state index contributed by atoms with van der Waals surface area (Å²) in [5.74, 6) is 1.94. The van der Waals surface area contributed by atoms with Gasteiger partial charge in [-0.25, -0.2) is 4.98 Å². The molecule has 0 aliphatic rings. The zero-order chi connectivity index (χ0) is 19.9. The molecule has 3 rings (SSSR count). The summed E-state index contributed by atoms with van der Waals surface area (Å²) in [6.45, 7) is 6.67. The molecule has 0 unspecified atom stereocenters. The number of fused-ring (bicyclic) bond motifs is 1. The molecule has 2 aromatic carbocycles. The van der Waals surface area contributed by atoms with Gasteiger partial charge in [0, 0.05) is 16.7 Å². The third-order valence-corrected chi connectivity index (χ3v) is 6.02. The first-order valence-corrected chi connectivity index (χ1v) is 10.1. The fourth-order valence-corrected chi connectivity index (χ4v) is 3.51. The number of nitrogens with zero attached hydrogens (tertiary/aromatic N) is 2. The molecule has 4 heteroatoms. The number of thioether (sulfide) groups is 1. The Bertz CT molecular complexity index is 847. The molecule has 0 radical (unpaired) electrons. The minimum atomic E-state index is 0.173. The quantitative estimate of drug-likeness (QED) is 0.531. The molecule has 0 aliphatic heterocycles. The Kier molecular flexibility index (Phi) is 7.69. The largest absolute Gasteiger partial charge is 0.497 e. The van der Waals surface area contributed by atoms with Crippen LogP contribution in [-0.4, -0.2) is 42.4 Å². The van der Waals surface area contributed by atoms with Gasteiger partial charge in [-0.05, 0) is 64.7 Å². The average molecular weight is 383 g/mol. The number of para-hydroxylation sites is 2. The normalized spacial score (nSPS) is 11.2. The highest BCUT2D eigenvalue weighted by Crippen LogP contribution is 2.27. The van der Waals surface area contributed by atoms with E-state index in [2.05, 4.69) is 64.0 Å². The van der Waals surface area contributed by atoms with E-state index in [0.717, 1.165) is 22.0 Å². The van der Waals surface area contributed by atoms with Crippen LogP contribution >= 0.6 is 11.8 Å². The maximum atomic E-state index is 4.91. The number of methoxy groups -OCH3 is 1. The molecule has 0 fully saturated rings. The summed E-state index contributed by atoms with van der Waals surface area (Å²) in [5, 5.41) is 2.37. The summed E-state index contributed by atoms with van der Waals surface area (Å²) < 4.78 is 4.91. The molecule has 0 aliphatic carbocycles. The Labute approximate surface area is 167 Å². The molecule has 0 amide bonds. The Balaban J connectivity index is 0.000000273. The fraction of sp³-hybridized carbons (Fsp3) is 0.348. The Morgan fingerprint density at radius 1 is 1.00 bits per heavy atom. The number of aryl methyl sites for hydroxylation is 1. The zero-order valence-electron chi connectivity index (χ0n) is 17.2. The van der Waals surface area contributed by atoms with Gasteiger partial charge in [-0.1, -0.05) is 36.4 Å². The molecule has 3 aromatic rings. The van der Waals surface area contributed by atoms with E-state index in [9.17, 15) is 0 Å². The van der Waals surface area contributed by atoms with Crippen LogP contribution in [0.2, 0.25) is 0 Å². The van der Waals surface area contributed by atoms with Crippen molar-refractivity contribution in [1.82, 2.24) is 9.88 Å². The van der Waals surface area contributed by atoms with Crippen LogP contribution in [0.25, 0.3) is 10.9 Å². The predicted molar refractivity (Wildman–Crippen MR) is 118 cm³/mol. The second-order valence-corrected chi connectivity index (χ2v) is 8.30. The maximum Gasteiger partial charge on any atom is 0.118 e. The van der Waals surface area contributed by atoms with E-state index in [4.69, 9.17) is 9.72 Å². The smallest absolute Gasteiger partial charge is 0.118 e. The van der Waals surface area contributed by atoms with Gasteiger partial charge < -0.3 is 9.64 Å². The van der Waals surface area contributed by atoms with Crippen molar-refractivity contribution < 1.29 is 4.74 Å². The van der Waals surface area contributed by atoms with E-state index < -0.39 is 0 Å². The van der Waals surface area contributed by atoms with Crippen LogP contribution in [0.4, 0.5) is 0 Å². The van der Waals surface area contributed by atoms with Gasteiger partial charge in [0.2, 0.25) is 0 Å². The van der Waals surface area contributed by atoms with Crippen LogP contribution in [0, 0.1) is 6.92 Å². The lowest BCUT2D eigenvalue weighted by molar-refractivity contribution is 0.224. The second-order valence-electron chi connectivity index (χ2n) is 7.31. The highest BCUT2D eigenvalue weighted by atomic mass is 32.2. The van der Waals surface area contributed by atoms with Gasteiger partial charge in [-0.2, -0.15) is 0 Å². The third kappa shape index (κ3) is 6.26.